The maximum Gasteiger partial charge on any atom is 0.335 e. The molecule has 0 saturated carbocycles. The summed E-state index contributed by atoms with van der Waals surface area (Å²) in [6.07, 6.45) is 3.45. The van der Waals surface area contributed by atoms with Crippen LogP contribution in [0.15, 0.2) is 54.9 Å². The quantitative estimate of drug-likeness (QED) is 0.504. The number of methoxy groups -OCH3 is 2. The van der Waals surface area contributed by atoms with Gasteiger partial charge in [0.05, 0.1) is 25.3 Å². The van der Waals surface area contributed by atoms with E-state index < -0.39 is 5.97 Å². The van der Waals surface area contributed by atoms with Crippen LogP contribution in [-0.4, -0.2) is 35.3 Å². The molecule has 0 bridgehead atoms. The fraction of sp³-hybridized carbons (Fsp3) is 0.0952. The summed E-state index contributed by atoms with van der Waals surface area (Å²) in [4.78, 5) is 20.2. The number of aromatic nitrogens is 2. The van der Waals surface area contributed by atoms with E-state index in [2.05, 4.69) is 15.3 Å². The fourth-order valence-corrected chi connectivity index (χ4v) is 3.13. The highest BCUT2D eigenvalue weighted by Gasteiger charge is 2.12. The van der Waals surface area contributed by atoms with Gasteiger partial charge in [0.15, 0.2) is 11.5 Å². The Morgan fingerprint density at radius 3 is 2.54 bits per heavy atom. The zero-order valence-corrected chi connectivity index (χ0v) is 15.3. The van der Waals surface area contributed by atoms with Crippen LogP contribution in [0.25, 0.3) is 21.7 Å². The largest absolute Gasteiger partial charge is 0.493 e. The van der Waals surface area contributed by atoms with Crippen LogP contribution in [0.5, 0.6) is 11.5 Å². The zero-order valence-electron chi connectivity index (χ0n) is 15.3. The number of carbonyl (C=O) groups is 1. The minimum atomic E-state index is -0.996. The minimum absolute atomic E-state index is 0.181. The number of aromatic carboxylic acids is 1. The molecule has 7 heteroatoms. The Morgan fingerprint density at radius 2 is 1.79 bits per heavy atom. The summed E-state index contributed by atoms with van der Waals surface area (Å²) in [5.74, 6) is 0.816. The van der Waals surface area contributed by atoms with Gasteiger partial charge in [-0.1, -0.05) is 6.07 Å². The second-order valence-corrected chi connectivity index (χ2v) is 6.11. The van der Waals surface area contributed by atoms with Gasteiger partial charge >= 0.3 is 5.97 Å². The molecule has 0 radical (unpaired) electrons. The topological polar surface area (TPSA) is 93.6 Å². The van der Waals surface area contributed by atoms with E-state index in [1.807, 2.05) is 18.2 Å². The van der Waals surface area contributed by atoms with Gasteiger partial charge in [-0.2, -0.15) is 0 Å². The van der Waals surface area contributed by atoms with E-state index in [0.717, 1.165) is 21.8 Å². The third kappa shape index (κ3) is 3.03. The first-order valence-corrected chi connectivity index (χ1v) is 8.50. The van der Waals surface area contributed by atoms with Gasteiger partial charge in [-0.25, -0.2) is 9.78 Å². The summed E-state index contributed by atoms with van der Waals surface area (Å²) < 4.78 is 10.6. The van der Waals surface area contributed by atoms with Crippen LogP contribution in [0.4, 0.5) is 11.5 Å². The fourth-order valence-electron chi connectivity index (χ4n) is 3.13. The molecule has 2 aromatic carbocycles. The van der Waals surface area contributed by atoms with Crippen molar-refractivity contribution in [3.8, 4) is 11.5 Å². The van der Waals surface area contributed by atoms with Crippen LogP contribution in [0.1, 0.15) is 10.4 Å². The van der Waals surface area contributed by atoms with Gasteiger partial charge in [0.1, 0.15) is 5.82 Å². The van der Waals surface area contributed by atoms with Gasteiger partial charge in [-0.05, 0) is 30.3 Å². The van der Waals surface area contributed by atoms with Crippen molar-refractivity contribution in [1.29, 1.82) is 0 Å². The molecule has 4 rings (SSSR count). The molecule has 0 amide bonds. The van der Waals surface area contributed by atoms with E-state index in [0.29, 0.717) is 22.8 Å². The maximum absolute atomic E-state index is 11.3. The van der Waals surface area contributed by atoms with Crippen LogP contribution < -0.4 is 14.8 Å². The van der Waals surface area contributed by atoms with Gasteiger partial charge in [0, 0.05) is 40.3 Å². The van der Waals surface area contributed by atoms with Gasteiger partial charge in [-0.3, -0.25) is 4.98 Å². The number of pyridine rings is 2. The molecule has 0 spiro atoms. The molecule has 7 nitrogen and oxygen atoms in total. The molecule has 0 saturated heterocycles. The lowest BCUT2D eigenvalue weighted by Gasteiger charge is -2.14. The third-order valence-electron chi connectivity index (χ3n) is 4.49. The number of anilines is 2. The lowest BCUT2D eigenvalue weighted by atomic mass is 10.1. The number of ether oxygens (including phenoxy) is 2. The predicted octanol–water partition coefficient (Wildman–Crippen LogP) is 4.24. The molecule has 0 aliphatic heterocycles. The Kier molecular flexibility index (Phi) is 4.41. The molecule has 0 fully saturated rings. The Hall–Kier alpha value is -3.87. The van der Waals surface area contributed by atoms with Gasteiger partial charge in [-0.15, -0.1) is 0 Å². The summed E-state index contributed by atoms with van der Waals surface area (Å²) in [7, 11) is 3.15. The number of benzene rings is 2. The first-order chi connectivity index (χ1) is 13.6. The van der Waals surface area contributed by atoms with Crippen molar-refractivity contribution >= 4 is 39.1 Å². The Bertz CT molecular complexity index is 1210. The number of nitrogens with zero attached hydrogens (tertiary/aromatic N) is 2. The van der Waals surface area contributed by atoms with Crippen LogP contribution in [0, 0.1) is 0 Å². The molecular weight excluding hydrogens is 358 g/mol. The minimum Gasteiger partial charge on any atom is -0.493 e. The van der Waals surface area contributed by atoms with Crippen molar-refractivity contribution in [3.63, 3.8) is 0 Å². The summed E-state index contributed by atoms with van der Waals surface area (Å²) in [5, 5.41) is 15.2. The molecule has 28 heavy (non-hydrogen) atoms. The average Bonchev–Trinajstić information content (AvgIpc) is 2.73. The molecule has 140 valence electrons. The molecule has 0 aliphatic carbocycles. The predicted molar refractivity (Wildman–Crippen MR) is 107 cm³/mol. The number of nitrogens with one attached hydrogen (secondary N) is 1. The first kappa shape index (κ1) is 17.5. The maximum atomic E-state index is 11.3. The van der Waals surface area contributed by atoms with Crippen LogP contribution in [-0.2, 0) is 0 Å². The van der Waals surface area contributed by atoms with E-state index in [1.54, 1.807) is 50.9 Å². The Labute approximate surface area is 160 Å². The molecule has 2 aromatic heterocycles. The Balaban J connectivity index is 1.88. The number of hydrogen-bond acceptors (Lipinski definition) is 6. The second-order valence-electron chi connectivity index (χ2n) is 6.11. The van der Waals surface area contributed by atoms with Crippen molar-refractivity contribution in [1.82, 2.24) is 9.97 Å². The van der Waals surface area contributed by atoms with Crippen molar-refractivity contribution < 1.29 is 19.4 Å². The van der Waals surface area contributed by atoms with Crippen LogP contribution >= 0.6 is 0 Å². The standard InChI is InChI=1S/C21H17N3O4/c1-27-18-6-4-13(10-19(18)28-2)23-20-15-7-8-22-11-16(15)14-5-3-12(21(25)26)9-17(14)24-20/h3-11H,1-2H3,(H,23,24)(H,25,26). The van der Waals surface area contributed by atoms with Gasteiger partial charge in [0.25, 0.3) is 0 Å². The highest BCUT2D eigenvalue weighted by Crippen LogP contribution is 2.34. The van der Waals surface area contributed by atoms with Crippen molar-refractivity contribution in [3.05, 3.63) is 60.4 Å². The molecule has 0 atom stereocenters. The van der Waals surface area contributed by atoms with E-state index in [-0.39, 0.29) is 5.56 Å². The Morgan fingerprint density at radius 1 is 0.964 bits per heavy atom. The molecule has 0 aliphatic rings. The van der Waals surface area contributed by atoms with Crippen molar-refractivity contribution in [2.75, 3.05) is 19.5 Å². The molecular formula is C21H17N3O4. The van der Waals surface area contributed by atoms with E-state index >= 15 is 0 Å². The smallest absolute Gasteiger partial charge is 0.335 e. The average molecular weight is 375 g/mol. The number of carboxylic acids is 1. The van der Waals surface area contributed by atoms with Crippen LogP contribution in [0.3, 0.4) is 0 Å². The second kappa shape index (κ2) is 7.03. The molecule has 2 N–H and O–H groups in total. The van der Waals surface area contributed by atoms with Crippen molar-refractivity contribution in [2.45, 2.75) is 0 Å². The van der Waals surface area contributed by atoms with E-state index in [1.165, 1.54) is 0 Å². The lowest BCUT2D eigenvalue weighted by molar-refractivity contribution is 0.0697. The van der Waals surface area contributed by atoms with Crippen LogP contribution in [0.2, 0.25) is 0 Å². The summed E-state index contributed by atoms with van der Waals surface area (Å²) in [5.41, 5.74) is 1.51. The first-order valence-electron chi connectivity index (χ1n) is 8.50. The SMILES string of the molecule is COc1ccc(Nc2nc3cc(C(=O)O)ccc3c3cnccc23)cc1OC. The van der Waals surface area contributed by atoms with E-state index in [4.69, 9.17) is 9.47 Å². The zero-order chi connectivity index (χ0) is 19.7. The number of hydrogen-bond donors (Lipinski definition) is 2. The highest BCUT2D eigenvalue weighted by molar-refractivity contribution is 6.11. The number of carboxylic acid groups (broad SMARTS) is 1. The summed E-state index contributed by atoms with van der Waals surface area (Å²) in [6.45, 7) is 0. The molecule has 0 unspecified atom stereocenters. The van der Waals surface area contributed by atoms with Gasteiger partial charge < -0.3 is 19.9 Å². The molecule has 4 aromatic rings. The molecule has 2 heterocycles. The number of rotatable bonds is 5. The van der Waals surface area contributed by atoms with Gasteiger partial charge in [0.2, 0.25) is 0 Å². The third-order valence-corrected chi connectivity index (χ3v) is 4.49. The summed E-state index contributed by atoms with van der Waals surface area (Å²) in [6, 6.07) is 12.2. The summed E-state index contributed by atoms with van der Waals surface area (Å²) >= 11 is 0. The number of fused-ring (bicyclic) bond motifs is 3. The highest BCUT2D eigenvalue weighted by atomic mass is 16.5. The monoisotopic (exact) mass is 375 g/mol. The lowest BCUT2D eigenvalue weighted by Crippen LogP contribution is -2.00. The van der Waals surface area contributed by atoms with E-state index in [9.17, 15) is 9.90 Å². The normalized spacial score (nSPS) is 10.8. The van der Waals surface area contributed by atoms with Crippen molar-refractivity contribution in [2.24, 2.45) is 0 Å².